The minimum absolute atomic E-state index is 0.192. The lowest BCUT2D eigenvalue weighted by molar-refractivity contribution is -0.119. The summed E-state index contributed by atoms with van der Waals surface area (Å²) in [6.45, 7) is 3.48. The summed E-state index contributed by atoms with van der Waals surface area (Å²) in [6.07, 6.45) is 0. The van der Waals surface area contributed by atoms with Gasteiger partial charge >= 0.3 is 0 Å². The zero-order valence-corrected chi connectivity index (χ0v) is 15.1. The van der Waals surface area contributed by atoms with Crippen LogP contribution >= 0.6 is 0 Å². The highest BCUT2D eigenvalue weighted by Gasteiger charge is 2.19. The summed E-state index contributed by atoms with van der Waals surface area (Å²) < 4.78 is 6.96. The predicted octanol–water partition coefficient (Wildman–Crippen LogP) is 2.61. The van der Waals surface area contributed by atoms with Crippen molar-refractivity contribution in [1.29, 1.82) is 0 Å². The number of ether oxygens (including phenoxy) is 1. The zero-order valence-electron chi connectivity index (χ0n) is 15.1. The quantitative estimate of drug-likeness (QED) is 0.702. The van der Waals surface area contributed by atoms with Crippen LogP contribution in [0.2, 0.25) is 0 Å². The second-order valence-corrected chi connectivity index (χ2v) is 6.03. The molecule has 3 N–H and O–H groups in total. The van der Waals surface area contributed by atoms with E-state index < -0.39 is 5.91 Å². The Bertz CT molecular complexity index is 963. The summed E-state index contributed by atoms with van der Waals surface area (Å²) in [5.41, 5.74) is 8.49. The van der Waals surface area contributed by atoms with E-state index in [4.69, 9.17) is 10.5 Å². The number of carbonyl (C=O) groups is 2. The molecule has 0 spiro atoms. The Morgan fingerprint density at radius 3 is 2.37 bits per heavy atom. The molecule has 7 nitrogen and oxygen atoms in total. The smallest absolute Gasteiger partial charge is 0.259 e. The van der Waals surface area contributed by atoms with Gasteiger partial charge in [0.2, 0.25) is 0 Å². The highest BCUT2D eigenvalue weighted by atomic mass is 16.5. The van der Waals surface area contributed by atoms with E-state index in [-0.39, 0.29) is 12.5 Å². The molecule has 2 amide bonds. The average molecular weight is 364 g/mol. The molecule has 7 heteroatoms. The van der Waals surface area contributed by atoms with E-state index >= 15 is 0 Å². The molecule has 1 heterocycles. The van der Waals surface area contributed by atoms with Crippen molar-refractivity contribution in [3.63, 3.8) is 0 Å². The Kier molecular flexibility index (Phi) is 5.21. The number of para-hydroxylation sites is 1. The maximum atomic E-state index is 12.7. The summed E-state index contributed by atoms with van der Waals surface area (Å²) >= 11 is 0. The van der Waals surface area contributed by atoms with Gasteiger partial charge in [0.05, 0.1) is 22.6 Å². The molecule has 0 aliphatic carbocycles. The van der Waals surface area contributed by atoms with Crippen LogP contribution in [0.25, 0.3) is 5.69 Å². The predicted molar refractivity (Wildman–Crippen MR) is 102 cm³/mol. The van der Waals surface area contributed by atoms with Gasteiger partial charge in [-0.3, -0.25) is 9.59 Å². The number of amides is 2. The van der Waals surface area contributed by atoms with Crippen molar-refractivity contribution < 1.29 is 14.3 Å². The molecule has 0 saturated carbocycles. The van der Waals surface area contributed by atoms with Crippen LogP contribution < -0.4 is 15.8 Å². The molecule has 3 aromatic rings. The van der Waals surface area contributed by atoms with Crippen LogP contribution in [0.3, 0.4) is 0 Å². The molecule has 0 atom stereocenters. The van der Waals surface area contributed by atoms with Gasteiger partial charge in [-0.05, 0) is 50.2 Å². The lowest BCUT2D eigenvalue weighted by Crippen LogP contribution is -2.20. The topological polar surface area (TPSA) is 99.2 Å². The average Bonchev–Trinajstić information content (AvgIpc) is 2.96. The Balaban J connectivity index is 1.77. The summed E-state index contributed by atoms with van der Waals surface area (Å²) in [5, 5.41) is 7.35. The molecule has 0 fully saturated rings. The van der Waals surface area contributed by atoms with Crippen molar-refractivity contribution in [2.24, 2.45) is 5.73 Å². The Hall–Kier alpha value is -3.61. The van der Waals surface area contributed by atoms with Gasteiger partial charge in [0.1, 0.15) is 5.75 Å². The number of rotatable bonds is 6. The maximum Gasteiger partial charge on any atom is 0.259 e. The minimum atomic E-state index is -0.547. The number of anilines is 1. The fourth-order valence-corrected chi connectivity index (χ4v) is 2.77. The van der Waals surface area contributed by atoms with Crippen LogP contribution in [0, 0.1) is 13.8 Å². The number of aryl methyl sites for hydroxylation is 1. The number of primary amides is 1. The van der Waals surface area contributed by atoms with E-state index in [9.17, 15) is 9.59 Å². The van der Waals surface area contributed by atoms with Crippen LogP contribution in [0.15, 0.2) is 54.6 Å². The van der Waals surface area contributed by atoms with Gasteiger partial charge in [0, 0.05) is 5.69 Å². The van der Waals surface area contributed by atoms with Crippen molar-refractivity contribution in [2.45, 2.75) is 13.8 Å². The lowest BCUT2D eigenvalue weighted by Gasteiger charge is -2.08. The van der Waals surface area contributed by atoms with E-state index in [0.717, 1.165) is 11.4 Å². The molecule has 0 unspecified atom stereocenters. The van der Waals surface area contributed by atoms with Crippen LogP contribution in [-0.4, -0.2) is 28.2 Å². The van der Waals surface area contributed by atoms with Crippen molar-refractivity contribution in [3.8, 4) is 11.4 Å². The first-order chi connectivity index (χ1) is 13.0. The first-order valence-corrected chi connectivity index (χ1v) is 8.40. The largest absolute Gasteiger partial charge is 0.484 e. The van der Waals surface area contributed by atoms with Crippen LogP contribution in [-0.2, 0) is 4.79 Å². The van der Waals surface area contributed by atoms with Gasteiger partial charge in [-0.15, -0.1) is 0 Å². The van der Waals surface area contributed by atoms with Gasteiger partial charge in [0.15, 0.2) is 6.61 Å². The summed E-state index contributed by atoms with van der Waals surface area (Å²) in [5.74, 6) is -0.289. The molecule has 2 aromatic carbocycles. The van der Waals surface area contributed by atoms with Crippen LogP contribution in [0.1, 0.15) is 21.7 Å². The summed E-state index contributed by atoms with van der Waals surface area (Å²) in [7, 11) is 0. The van der Waals surface area contributed by atoms with E-state index in [0.29, 0.717) is 22.7 Å². The molecule has 138 valence electrons. The molecule has 0 radical (unpaired) electrons. The molecular formula is C20H20N4O3. The highest BCUT2D eigenvalue weighted by molar-refractivity contribution is 6.06. The second-order valence-electron chi connectivity index (χ2n) is 6.03. The monoisotopic (exact) mass is 364 g/mol. The normalized spacial score (nSPS) is 10.4. The van der Waals surface area contributed by atoms with Crippen molar-refractivity contribution >= 4 is 17.5 Å². The molecule has 0 saturated heterocycles. The lowest BCUT2D eigenvalue weighted by atomic mass is 10.1. The Labute approximate surface area is 156 Å². The number of nitrogens with one attached hydrogen (secondary N) is 1. The Morgan fingerprint density at radius 1 is 1.07 bits per heavy atom. The van der Waals surface area contributed by atoms with Crippen molar-refractivity contribution in [3.05, 3.63) is 71.5 Å². The van der Waals surface area contributed by atoms with Crippen LogP contribution in [0.4, 0.5) is 5.69 Å². The fraction of sp³-hybridized carbons (Fsp3) is 0.150. The number of carbonyl (C=O) groups excluding carboxylic acids is 2. The van der Waals surface area contributed by atoms with Crippen molar-refractivity contribution in [2.75, 3.05) is 11.9 Å². The Morgan fingerprint density at radius 2 is 1.74 bits per heavy atom. The SMILES string of the molecule is Cc1nn(-c2ccccc2)c(C)c1C(=O)Nc1ccc(OCC(N)=O)cc1. The molecule has 0 aliphatic rings. The van der Waals surface area contributed by atoms with E-state index in [1.54, 1.807) is 28.9 Å². The van der Waals surface area contributed by atoms with Crippen LogP contribution in [0.5, 0.6) is 5.75 Å². The molecule has 0 aliphatic heterocycles. The number of nitrogens with zero attached hydrogens (tertiary/aromatic N) is 2. The number of aromatic nitrogens is 2. The van der Waals surface area contributed by atoms with Gasteiger partial charge < -0.3 is 15.8 Å². The third-order valence-electron chi connectivity index (χ3n) is 4.01. The minimum Gasteiger partial charge on any atom is -0.484 e. The number of hydrogen-bond acceptors (Lipinski definition) is 4. The molecule has 0 bridgehead atoms. The van der Waals surface area contributed by atoms with E-state index in [2.05, 4.69) is 10.4 Å². The fourth-order valence-electron chi connectivity index (χ4n) is 2.77. The maximum absolute atomic E-state index is 12.7. The third kappa shape index (κ3) is 4.14. The highest BCUT2D eigenvalue weighted by Crippen LogP contribution is 2.21. The second kappa shape index (κ2) is 7.74. The number of benzene rings is 2. The van der Waals surface area contributed by atoms with Gasteiger partial charge in [-0.1, -0.05) is 18.2 Å². The molecule has 3 rings (SSSR count). The molecular weight excluding hydrogens is 344 g/mol. The first kappa shape index (κ1) is 18.2. The number of hydrogen-bond donors (Lipinski definition) is 2. The van der Waals surface area contributed by atoms with Gasteiger partial charge in [-0.2, -0.15) is 5.10 Å². The third-order valence-corrected chi connectivity index (χ3v) is 4.01. The number of nitrogens with two attached hydrogens (primary N) is 1. The molecule has 27 heavy (non-hydrogen) atoms. The zero-order chi connectivity index (χ0) is 19.4. The standard InChI is InChI=1S/C20H20N4O3/c1-13-19(14(2)24(23-13)16-6-4-3-5-7-16)20(26)22-15-8-10-17(11-9-15)27-12-18(21)25/h3-11H,12H2,1-2H3,(H2,21,25)(H,22,26). The van der Waals surface area contributed by atoms with Gasteiger partial charge in [0.25, 0.3) is 11.8 Å². The van der Waals surface area contributed by atoms with E-state index in [1.165, 1.54) is 0 Å². The van der Waals surface area contributed by atoms with Gasteiger partial charge in [-0.25, -0.2) is 4.68 Å². The van der Waals surface area contributed by atoms with Crippen molar-refractivity contribution in [1.82, 2.24) is 9.78 Å². The molecule has 1 aromatic heterocycles. The van der Waals surface area contributed by atoms with E-state index in [1.807, 2.05) is 44.2 Å². The first-order valence-electron chi connectivity index (χ1n) is 8.40. The summed E-state index contributed by atoms with van der Waals surface area (Å²) in [6, 6.07) is 16.4. The summed E-state index contributed by atoms with van der Waals surface area (Å²) in [4.78, 5) is 23.5.